The Bertz CT molecular complexity index is 691. The summed E-state index contributed by atoms with van der Waals surface area (Å²) in [6.07, 6.45) is 0. The topological polar surface area (TPSA) is 38.5 Å². The Morgan fingerprint density at radius 2 is 1.91 bits per heavy atom. The maximum absolute atomic E-state index is 5.97. The van der Waals surface area contributed by atoms with E-state index in [4.69, 9.17) is 14.1 Å². The molecular formula is C18H24N2O2S. The molecular weight excluding hydrogens is 308 g/mol. The molecule has 2 aromatic rings. The van der Waals surface area contributed by atoms with Gasteiger partial charge in [-0.2, -0.15) is 11.8 Å². The van der Waals surface area contributed by atoms with E-state index in [0.717, 1.165) is 53.5 Å². The van der Waals surface area contributed by atoms with Gasteiger partial charge in [0, 0.05) is 36.7 Å². The van der Waals surface area contributed by atoms with Crippen LogP contribution in [0.25, 0.3) is 11.5 Å². The minimum absolute atomic E-state index is 0.715. The van der Waals surface area contributed by atoms with E-state index in [2.05, 4.69) is 17.9 Å². The van der Waals surface area contributed by atoms with Crippen molar-refractivity contribution in [2.24, 2.45) is 0 Å². The molecule has 0 amide bonds. The Kier molecular flexibility index (Phi) is 4.97. The molecule has 1 aromatic heterocycles. The zero-order valence-corrected chi connectivity index (χ0v) is 15.1. The fourth-order valence-electron chi connectivity index (χ4n) is 2.90. The fourth-order valence-corrected chi connectivity index (χ4v) is 3.88. The molecule has 0 bridgehead atoms. The summed E-state index contributed by atoms with van der Waals surface area (Å²) in [6.45, 7) is 9.27. The third kappa shape index (κ3) is 3.56. The molecule has 5 heteroatoms. The second-order valence-electron chi connectivity index (χ2n) is 6.05. The van der Waals surface area contributed by atoms with Gasteiger partial charge in [-0.3, -0.25) is 4.90 Å². The van der Waals surface area contributed by atoms with Gasteiger partial charge >= 0.3 is 0 Å². The predicted octanol–water partition coefficient (Wildman–Crippen LogP) is 3.82. The van der Waals surface area contributed by atoms with Gasteiger partial charge < -0.3 is 9.15 Å². The molecule has 1 fully saturated rings. The number of benzene rings is 1. The van der Waals surface area contributed by atoms with Crippen molar-refractivity contribution in [3.05, 3.63) is 34.7 Å². The van der Waals surface area contributed by atoms with Gasteiger partial charge in [0.15, 0.2) is 0 Å². The quantitative estimate of drug-likeness (QED) is 0.851. The monoisotopic (exact) mass is 332 g/mol. The molecule has 0 radical (unpaired) electrons. The van der Waals surface area contributed by atoms with Gasteiger partial charge in [-0.1, -0.05) is 0 Å². The average Bonchev–Trinajstić information content (AvgIpc) is 2.91. The van der Waals surface area contributed by atoms with Crippen LogP contribution in [0, 0.1) is 20.8 Å². The number of oxazole rings is 1. The molecule has 0 aliphatic carbocycles. The first-order valence-electron chi connectivity index (χ1n) is 8.00. The molecule has 0 N–H and O–H groups in total. The number of hydrogen-bond acceptors (Lipinski definition) is 5. The summed E-state index contributed by atoms with van der Waals surface area (Å²) in [6, 6.07) is 4.15. The summed E-state index contributed by atoms with van der Waals surface area (Å²) in [5.41, 5.74) is 4.32. The van der Waals surface area contributed by atoms with Crippen molar-refractivity contribution in [2.45, 2.75) is 27.3 Å². The lowest BCUT2D eigenvalue weighted by molar-refractivity contribution is 0.289. The van der Waals surface area contributed by atoms with E-state index < -0.39 is 0 Å². The van der Waals surface area contributed by atoms with E-state index in [9.17, 15) is 0 Å². The van der Waals surface area contributed by atoms with Crippen LogP contribution in [0.3, 0.4) is 0 Å². The molecule has 124 valence electrons. The number of nitrogens with zero attached hydrogens (tertiary/aromatic N) is 2. The zero-order chi connectivity index (χ0) is 16.4. The third-order valence-electron chi connectivity index (χ3n) is 4.34. The molecule has 1 aliphatic rings. The van der Waals surface area contributed by atoms with Crippen molar-refractivity contribution >= 4 is 11.8 Å². The normalized spacial score (nSPS) is 15.8. The summed E-state index contributed by atoms with van der Waals surface area (Å²) in [5, 5.41) is 0. The van der Waals surface area contributed by atoms with Crippen LogP contribution in [0.1, 0.15) is 22.6 Å². The summed E-state index contributed by atoms with van der Waals surface area (Å²) >= 11 is 2.03. The average molecular weight is 332 g/mol. The molecule has 3 rings (SSSR count). The second-order valence-corrected chi connectivity index (χ2v) is 7.27. The summed E-state index contributed by atoms with van der Waals surface area (Å²) in [4.78, 5) is 7.23. The number of rotatable bonds is 4. The SMILES string of the molecule is COc1cc(C)c(-c2nc(CN3CCSCC3)c(C)o2)cc1C. The predicted molar refractivity (Wildman–Crippen MR) is 95.3 cm³/mol. The molecule has 0 saturated carbocycles. The second kappa shape index (κ2) is 6.97. The maximum atomic E-state index is 5.97. The minimum atomic E-state index is 0.715. The van der Waals surface area contributed by atoms with Crippen molar-refractivity contribution < 1.29 is 9.15 Å². The van der Waals surface area contributed by atoms with Crippen LogP contribution in [0.5, 0.6) is 5.75 Å². The van der Waals surface area contributed by atoms with Gasteiger partial charge in [0.05, 0.1) is 12.8 Å². The molecule has 0 unspecified atom stereocenters. The zero-order valence-electron chi connectivity index (χ0n) is 14.3. The van der Waals surface area contributed by atoms with Gasteiger partial charge in [0.1, 0.15) is 11.5 Å². The van der Waals surface area contributed by atoms with Crippen molar-refractivity contribution in [2.75, 3.05) is 31.7 Å². The van der Waals surface area contributed by atoms with Gasteiger partial charge in [-0.05, 0) is 44.0 Å². The molecule has 1 aromatic carbocycles. The first-order valence-corrected chi connectivity index (χ1v) is 9.16. The van der Waals surface area contributed by atoms with Crippen LogP contribution in [0.15, 0.2) is 16.5 Å². The Hall–Kier alpha value is -1.46. The van der Waals surface area contributed by atoms with Gasteiger partial charge in [-0.15, -0.1) is 0 Å². The van der Waals surface area contributed by atoms with E-state index in [1.54, 1.807) is 7.11 Å². The Balaban J connectivity index is 1.86. The highest BCUT2D eigenvalue weighted by Crippen LogP contribution is 2.31. The summed E-state index contributed by atoms with van der Waals surface area (Å²) in [7, 11) is 1.70. The van der Waals surface area contributed by atoms with E-state index in [-0.39, 0.29) is 0 Å². The standard InChI is InChI=1S/C18H24N2O2S/c1-12-10-17(21-4)13(2)9-15(12)18-19-16(14(3)22-18)11-20-5-7-23-8-6-20/h9-10H,5-8,11H2,1-4H3. The molecule has 4 nitrogen and oxygen atoms in total. The van der Waals surface area contributed by atoms with Crippen LogP contribution >= 0.6 is 11.8 Å². The third-order valence-corrected chi connectivity index (χ3v) is 5.28. The minimum Gasteiger partial charge on any atom is -0.496 e. The highest BCUT2D eigenvalue weighted by molar-refractivity contribution is 7.99. The van der Waals surface area contributed by atoms with E-state index in [1.807, 2.05) is 31.7 Å². The van der Waals surface area contributed by atoms with Crippen LogP contribution in [-0.2, 0) is 6.54 Å². The van der Waals surface area contributed by atoms with Gasteiger partial charge in [0.2, 0.25) is 5.89 Å². The van der Waals surface area contributed by atoms with Crippen LogP contribution < -0.4 is 4.74 Å². The highest BCUT2D eigenvalue weighted by atomic mass is 32.2. The Morgan fingerprint density at radius 1 is 1.17 bits per heavy atom. The number of aryl methyl sites for hydroxylation is 3. The fraction of sp³-hybridized carbons (Fsp3) is 0.500. The summed E-state index contributed by atoms with van der Waals surface area (Å²) in [5.74, 6) is 4.96. The Labute approximate surface area is 142 Å². The van der Waals surface area contributed by atoms with E-state index >= 15 is 0 Å². The van der Waals surface area contributed by atoms with Crippen LogP contribution in [-0.4, -0.2) is 41.6 Å². The molecule has 2 heterocycles. The van der Waals surface area contributed by atoms with E-state index in [0.29, 0.717) is 5.89 Å². The molecule has 1 saturated heterocycles. The lowest BCUT2D eigenvalue weighted by Crippen LogP contribution is -2.32. The number of methoxy groups -OCH3 is 1. The lowest BCUT2D eigenvalue weighted by atomic mass is 10.0. The largest absolute Gasteiger partial charge is 0.496 e. The molecule has 0 spiro atoms. The van der Waals surface area contributed by atoms with Crippen LogP contribution in [0.2, 0.25) is 0 Å². The number of ether oxygens (including phenoxy) is 1. The van der Waals surface area contributed by atoms with E-state index in [1.165, 1.54) is 11.5 Å². The van der Waals surface area contributed by atoms with Crippen molar-refractivity contribution in [3.63, 3.8) is 0 Å². The summed E-state index contributed by atoms with van der Waals surface area (Å²) < 4.78 is 11.4. The van der Waals surface area contributed by atoms with Crippen molar-refractivity contribution in [1.29, 1.82) is 0 Å². The number of hydrogen-bond donors (Lipinski definition) is 0. The molecule has 23 heavy (non-hydrogen) atoms. The molecule has 1 aliphatic heterocycles. The maximum Gasteiger partial charge on any atom is 0.226 e. The van der Waals surface area contributed by atoms with Gasteiger partial charge in [0.25, 0.3) is 0 Å². The van der Waals surface area contributed by atoms with Crippen molar-refractivity contribution in [1.82, 2.24) is 9.88 Å². The lowest BCUT2D eigenvalue weighted by Gasteiger charge is -2.25. The smallest absolute Gasteiger partial charge is 0.226 e. The number of thioether (sulfide) groups is 1. The number of aromatic nitrogens is 1. The van der Waals surface area contributed by atoms with Crippen molar-refractivity contribution in [3.8, 4) is 17.2 Å². The van der Waals surface area contributed by atoms with Crippen LogP contribution in [0.4, 0.5) is 0 Å². The highest BCUT2D eigenvalue weighted by Gasteiger charge is 2.18. The van der Waals surface area contributed by atoms with Gasteiger partial charge in [-0.25, -0.2) is 4.98 Å². The first-order chi connectivity index (χ1) is 11.1. The first kappa shape index (κ1) is 16.4. The Morgan fingerprint density at radius 3 is 2.61 bits per heavy atom. The molecule has 0 atom stereocenters.